The maximum absolute atomic E-state index is 5.47. The van der Waals surface area contributed by atoms with Crippen molar-refractivity contribution in [2.45, 2.75) is 0 Å². The van der Waals surface area contributed by atoms with E-state index >= 15 is 0 Å². The van der Waals surface area contributed by atoms with Gasteiger partial charge in [-0.25, -0.2) is 15.0 Å². The van der Waals surface area contributed by atoms with E-state index in [2.05, 4.69) is 228 Å². The molecule has 0 atom stereocenters. The first-order valence-electron chi connectivity index (χ1n) is 23.1. The van der Waals surface area contributed by atoms with E-state index in [9.17, 15) is 0 Å². The SMILES string of the molecule is c1ccc(-c2nc(-c3ccc4c5ccccc5c5ccccc5c4c3)nc(-c3cc(-n4c5ccccc5c5cccc(-n6c7ccccc7c7ccccc76)c54)ccc3-c3ccccc3)n2)cc1. The lowest BCUT2D eigenvalue weighted by atomic mass is 9.93. The van der Waals surface area contributed by atoms with Gasteiger partial charge in [0.25, 0.3) is 0 Å². The Hall–Kier alpha value is -9.19. The topological polar surface area (TPSA) is 48.5 Å². The van der Waals surface area contributed by atoms with Crippen molar-refractivity contribution in [1.82, 2.24) is 24.1 Å². The highest BCUT2D eigenvalue weighted by Gasteiger charge is 2.23. The molecule has 0 amide bonds. The molecule has 0 saturated carbocycles. The van der Waals surface area contributed by atoms with Crippen molar-refractivity contribution in [2.75, 3.05) is 0 Å². The first kappa shape index (κ1) is 38.1. The average molecular weight is 866 g/mol. The molecule has 0 N–H and O–H groups in total. The smallest absolute Gasteiger partial charge is 0.164 e. The Morgan fingerprint density at radius 1 is 0.250 bits per heavy atom. The Morgan fingerprint density at radius 2 is 0.706 bits per heavy atom. The van der Waals surface area contributed by atoms with E-state index in [0.717, 1.165) is 55.6 Å². The third kappa shape index (κ3) is 5.86. The van der Waals surface area contributed by atoms with Gasteiger partial charge in [-0.05, 0) is 85.9 Å². The van der Waals surface area contributed by atoms with Gasteiger partial charge in [0.15, 0.2) is 17.5 Å². The van der Waals surface area contributed by atoms with Crippen molar-refractivity contribution in [3.8, 4) is 56.7 Å². The summed E-state index contributed by atoms with van der Waals surface area (Å²) in [5, 5.41) is 12.1. The summed E-state index contributed by atoms with van der Waals surface area (Å²) in [6.07, 6.45) is 0. The van der Waals surface area contributed by atoms with Crippen LogP contribution < -0.4 is 0 Å². The van der Waals surface area contributed by atoms with Crippen molar-refractivity contribution < 1.29 is 0 Å². The van der Waals surface area contributed by atoms with E-state index in [4.69, 9.17) is 15.0 Å². The molecule has 0 bridgehead atoms. The molecule has 5 heteroatoms. The summed E-state index contributed by atoms with van der Waals surface area (Å²) < 4.78 is 4.86. The molecule has 0 aliphatic heterocycles. The quantitative estimate of drug-likeness (QED) is 0.156. The summed E-state index contributed by atoms with van der Waals surface area (Å²) in [6.45, 7) is 0. The van der Waals surface area contributed by atoms with Crippen LogP contribution in [-0.4, -0.2) is 24.1 Å². The Morgan fingerprint density at radius 3 is 1.32 bits per heavy atom. The lowest BCUT2D eigenvalue weighted by Gasteiger charge is -2.17. The van der Waals surface area contributed by atoms with Gasteiger partial charge in [-0.15, -0.1) is 0 Å². The number of para-hydroxylation sites is 4. The van der Waals surface area contributed by atoms with E-state index in [0.29, 0.717) is 17.5 Å². The van der Waals surface area contributed by atoms with Crippen molar-refractivity contribution in [3.63, 3.8) is 0 Å². The maximum Gasteiger partial charge on any atom is 0.164 e. The molecular formula is C63H39N5. The fraction of sp³-hybridized carbons (Fsp3) is 0. The van der Waals surface area contributed by atoms with E-state index in [1.54, 1.807) is 0 Å². The molecule has 0 spiro atoms. The van der Waals surface area contributed by atoms with Gasteiger partial charge in [-0.2, -0.15) is 0 Å². The first-order valence-corrected chi connectivity index (χ1v) is 23.1. The second kappa shape index (κ2) is 15.2. The molecule has 0 aliphatic carbocycles. The molecule has 0 aliphatic rings. The minimum atomic E-state index is 0.599. The molecule has 5 nitrogen and oxygen atoms in total. The van der Waals surface area contributed by atoms with Crippen LogP contribution in [-0.2, 0) is 0 Å². The summed E-state index contributed by atoms with van der Waals surface area (Å²) >= 11 is 0. The Labute approximate surface area is 391 Å². The third-order valence-corrected chi connectivity index (χ3v) is 13.8. The number of fused-ring (bicyclic) bond motifs is 12. The molecule has 0 saturated heterocycles. The zero-order valence-corrected chi connectivity index (χ0v) is 36.8. The second-order valence-electron chi connectivity index (χ2n) is 17.5. The Balaban J connectivity index is 1.05. The van der Waals surface area contributed by atoms with Gasteiger partial charge in [0, 0.05) is 43.9 Å². The van der Waals surface area contributed by atoms with Crippen LogP contribution in [0.2, 0.25) is 0 Å². The van der Waals surface area contributed by atoms with E-state index in [1.807, 2.05) is 18.2 Å². The van der Waals surface area contributed by atoms with Crippen LogP contribution in [0.25, 0.3) is 133 Å². The molecule has 3 aromatic heterocycles. The fourth-order valence-corrected chi connectivity index (χ4v) is 10.7. The summed E-state index contributed by atoms with van der Waals surface area (Å²) in [5.74, 6) is 1.83. The largest absolute Gasteiger partial charge is 0.307 e. The van der Waals surface area contributed by atoms with Crippen LogP contribution in [0.1, 0.15) is 0 Å². The van der Waals surface area contributed by atoms with Crippen LogP contribution in [0.15, 0.2) is 237 Å². The molecule has 68 heavy (non-hydrogen) atoms. The molecule has 316 valence electrons. The van der Waals surface area contributed by atoms with Gasteiger partial charge in [0.05, 0.1) is 27.8 Å². The van der Waals surface area contributed by atoms with Crippen molar-refractivity contribution >= 4 is 75.9 Å². The zero-order chi connectivity index (χ0) is 44.7. The minimum absolute atomic E-state index is 0.599. The summed E-state index contributed by atoms with van der Waals surface area (Å²) in [6, 6.07) is 84.6. The molecule has 0 radical (unpaired) electrons. The van der Waals surface area contributed by atoms with E-state index < -0.39 is 0 Å². The van der Waals surface area contributed by atoms with E-state index in [1.165, 1.54) is 59.5 Å². The average Bonchev–Trinajstić information content (AvgIpc) is 3.94. The van der Waals surface area contributed by atoms with Crippen molar-refractivity contribution in [3.05, 3.63) is 237 Å². The summed E-state index contributed by atoms with van der Waals surface area (Å²) in [7, 11) is 0. The summed E-state index contributed by atoms with van der Waals surface area (Å²) in [4.78, 5) is 16.1. The standard InChI is InChI=1S/C63H39N5/c1-3-18-40(19-4-1)44-37-35-43(67-56-30-14-13-28-52(56)53-29-17-33-59(60(53)67)68-57-31-15-11-26-50(57)51-27-12-16-32-58(51)68)39-55(44)63-65-61(41-20-5-2-6-21-41)64-62(66-63)42-34-36-49-47-24-8-7-22-45(47)46-23-9-10-25-48(46)54(49)38-42/h1-39H. The number of hydrogen-bond donors (Lipinski definition) is 0. The fourth-order valence-electron chi connectivity index (χ4n) is 10.7. The third-order valence-electron chi connectivity index (χ3n) is 13.8. The molecule has 14 rings (SSSR count). The van der Waals surface area contributed by atoms with E-state index in [-0.39, 0.29) is 0 Å². The highest BCUT2D eigenvalue weighted by Crippen LogP contribution is 2.42. The van der Waals surface area contributed by atoms with Crippen LogP contribution in [0, 0.1) is 0 Å². The summed E-state index contributed by atoms with van der Waals surface area (Å²) in [5.41, 5.74) is 11.5. The molecule has 11 aromatic carbocycles. The van der Waals surface area contributed by atoms with Gasteiger partial charge in [0.2, 0.25) is 0 Å². The monoisotopic (exact) mass is 865 g/mol. The van der Waals surface area contributed by atoms with Gasteiger partial charge >= 0.3 is 0 Å². The van der Waals surface area contributed by atoms with Crippen LogP contribution in [0.4, 0.5) is 0 Å². The normalized spacial score (nSPS) is 11.8. The van der Waals surface area contributed by atoms with Crippen LogP contribution in [0.5, 0.6) is 0 Å². The molecule has 3 heterocycles. The number of hydrogen-bond acceptors (Lipinski definition) is 3. The van der Waals surface area contributed by atoms with Crippen molar-refractivity contribution in [1.29, 1.82) is 0 Å². The number of aromatic nitrogens is 5. The predicted octanol–water partition coefficient (Wildman–Crippen LogP) is 16.2. The van der Waals surface area contributed by atoms with Crippen LogP contribution in [0.3, 0.4) is 0 Å². The minimum Gasteiger partial charge on any atom is -0.307 e. The Bertz CT molecular complexity index is 4230. The highest BCUT2D eigenvalue weighted by molar-refractivity contribution is 6.25. The van der Waals surface area contributed by atoms with Crippen LogP contribution >= 0.6 is 0 Å². The highest BCUT2D eigenvalue weighted by atomic mass is 15.1. The van der Waals surface area contributed by atoms with Gasteiger partial charge < -0.3 is 9.13 Å². The molecular weight excluding hydrogens is 827 g/mol. The lowest BCUT2D eigenvalue weighted by Crippen LogP contribution is -2.03. The molecule has 0 fully saturated rings. The number of rotatable bonds is 6. The van der Waals surface area contributed by atoms with Gasteiger partial charge in [-0.3, -0.25) is 0 Å². The van der Waals surface area contributed by atoms with Crippen molar-refractivity contribution in [2.24, 2.45) is 0 Å². The molecule has 0 unspecified atom stereocenters. The lowest BCUT2D eigenvalue weighted by molar-refractivity contribution is 1.07. The molecule has 14 aromatic rings. The second-order valence-corrected chi connectivity index (χ2v) is 17.5. The number of nitrogens with zero attached hydrogens (tertiary/aromatic N) is 5. The van der Waals surface area contributed by atoms with Gasteiger partial charge in [0.1, 0.15) is 0 Å². The number of benzene rings is 11. The predicted molar refractivity (Wildman–Crippen MR) is 283 cm³/mol. The first-order chi connectivity index (χ1) is 33.7. The maximum atomic E-state index is 5.47. The zero-order valence-electron chi connectivity index (χ0n) is 36.8. The van der Waals surface area contributed by atoms with Gasteiger partial charge in [-0.1, -0.05) is 194 Å². The Kier molecular flexibility index (Phi) is 8.52.